The summed E-state index contributed by atoms with van der Waals surface area (Å²) in [5.41, 5.74) is 5.50. The Kier molecular flexibility index (Phi) is 6.61. The van der Waals surface area contributed by atoms with E-state index in [2.05, 4.69) is 24.5 Å². The van der Waals surface area contributed by atoms with Crippen LogP contribution < -0.4 is 16.4 Å². The van der Waals surface area contributed by atoms with Gasteiger partial charge in [0.2, 0.25) is 0 Å². The molecule has 1 rings (SSSR count). The Morgan fingerprint density at radius 1 is 1.50 bits per heavy atom. The van der Waals surface area contributed by atoms with E-state index in [4.69, 9.17) is 10.5 Å². The Morgan fingerprint density at radius 3 is 2.60 bits per heavy atom. The fraction of sp³-hybridized carbons (Fsp3) is 0.929. The molecule has 0 aromatic carbocycles. The first kappa shape index (κ1) is 17.6. The average molecular weight is 303 g/mol. The van der Waals surface area contributed by atoms with Crippen molar-refractivity contribution in [3.8, 4) is 0 Å². The van der Waals surface area contributed by atoms with Crippen LogP contribution >= 0.6 is 11.8 Å². The number of nitrogens with one attached hydrogen (secondary N) is 2. The summed E-state index contributed by atoms with van der Waals surface area (Å²) in [5.74, 6) is 0.515. The molecule has 1 aliphatic heterocycles. The summed E-state index contributed by atoms with van der Waals surface area (Å²) in [6, 6.07) is 0.417. The fourth-order valence-electron chi connectivity index (χ4n) is 2.51. The first-order valence-electron chi connectivity index (χ1n) is 7.37. The van der Waals surface area contributed by atoms with E-state index in [0.29, 0.717) is 23.8 Å². The van der Waals surface area contributed by atoms with Crippen molar-refractivity contribution < 1.29 is 9.53 Å². The van der Waals surface area contributed by atoms with Gasteiger partial charge in [-0.1, -0.05) is 20.3 Å². The van der Waals surface area contributed by atoms with Crippen LogP contribution in [-0.2, 0) is 4.74 Å². The number of carbonyl (C=O) groups excluding carboxylic acids is 1. The summed E-state index contributed by atoms with van der Waals surface area (Å²) in [4.78, 5) is 11.6. The SMILES string of the molecule is CCC(CCNC(=O)OC(C)(C)C)C1NC(N)SC1C. The number of ether oxygens (including phenoxy) is 1. The quantitative estimate of drug-likeness (QED) is 0.726. The molecule has 0 radical (unpaired) electrons. The van der Waals surface area contributed by atoms with Crippen LogP contribution in [0.4, 0.5) is 4.79 Å². The van der Waals surface area contributed by atoms with Gasteiger partial charge in [-0.2, -0.15) is 0 Å². The van der Waals surface area contributed by atoms with Gasteiger partial charge >= 0.3 is 6.09 Å². The molecule has 4 unspecified atom stereocenters. The second-order valence-corrected chi connectivity index (χ2v) is 7.86. The van der Waals surface area contributed by atoms with E-state index in [1.165, 1.54) is 0 Å². The molecule has 0 aromatic rings. The molecule has 0 saturated carbocycles. The minimum absolute atomic E-state index is 0.0304. The molecule has 1 saturated heterocycles. The third-order valence-corrected chi connectivity index (χ3v) is 4.59. The van der Waals surface area contributed by atoms with E-state index in [0.717, 1.165) is 12.8 Å². The molecular formula is C14H29N3O2S. The first-order chi connectivity index (χ1) is 9.23. The highest BCUT2D eigenvalue weighted by Gasteiger charge is 2.33. The largest absolute Gasteiger partial charge is 0.444 e. The monoisotopic (exact) mass is 303 g/mol. The third kappa shape index (κ3) is 5.89. The second kappa shape index (κ2) is 7.52. The van der Waals surface area contributed by atoms with Gasteiger partial charge < -0.3 is 15.8 Å². The smallest absolute Gasteiger partial charge is 0.407 e. The van der Waals surface area contributed by atoms with Crippen molar-refractivity contribution in [2.45, 2.75) is 69.9 Å². The molecule has 0 spiro atoms. The van der Waals surface area contributed by atoms with Crippen molar-refractivity contribution in [1.29, 1.82) is 0 Å². The van der Waals surface area contributed by atoms with Gasteiger partial charge in [0, 0.05) is 17.8 Å². The van der Waals surface area contributed by atoms with Crippen molar-refractivity contribution in [2.75, 3.05) is 6.54 Å². The van der Waals surface area contributed by atoms with E-state index in [1.54, 1.807) is 11.8 Å². The molecule has 20 heavy (non-hydrogen) atoms. The number of carbonyl (C=O) groups is 1. The van der Waals surface area contributed by atoms with Crippen molar-refractivity contribution >= 4 is 17.9 Å². The molecule has 4 N–H and O–H groups in total. The number of thioether (sulfide) groups is 1. The van der Waals surface area contributed by atoms with E-state index in [1.807, 2.05) is 20.8 Å². The van der Waals surface area contributed by atoms with Crippen molar-refractivity contribution in [2.24, 2.45) is 11.7 Å². The zero-order chi connectivity index (χ0) is 15.3. The van der Waals surface area contributed by atoms with E-state index in [-0.39, 0.29) is 11.6 Å². The van der Waals surface area contributed by atoms with Gasteiger partial charge in [-0.25, -0.2) is 4.79 Å². The standard InChI is InChI=1S/C14H29N3O2S/c1-6-10(11-9(2)20-12(15)17-11)7-8-16-13(18)19-14(3,4)5/h9-12,17H,6-8,15H2,1-5H3,(H,16,18). The fourth-order valence-corrected chi connectivity index (χ4v) is 3.68. The van der Waals surface area contributed by atoms with Gasteiger partial charge in [0.05, 0.1) is 0 Å². The molecule has 1 amide bonds. The number of alkyl carbamates (subject to hydrolysis) is 1. The van der Waals surface area contributed by atoms with E-state index >= 15 is 0 Å². The second-order valence-electron chi connectivity index (χ2n) is 6.34. The van der Waals surface area contributed by atoms with Gasteiger partial charge in [0.25, 0.3) is 0 Å². The van der Waals surface area contributed by atoms with Crippen molar-refractivity contribution in [3.05, 3.63) is 0 Å². The topological polar surface area (TPSA) is 76.4 Å². The molecule has 1 aliphatic rings. The molecule has 5 nitrogen and oxygen atoms in total. The Bertz CT molecular complexity index is 320. The molecular weight excluding hydrogens is 274 g/mol. The average Bonchev–Trinajstić information content (AvgIpc) is 2.61. The molecule has 4 atom stereocenters. The highest BCUT2D eigenvalue weighted by molar-refractivity contribution is 8.00. The maximum Gasteiger partial charge on any atom is 0.407 e. The van der Waals surface area contributed by atoms with Crippen LogP contribution in [0.5, 0.6) is 0 Å². The zero-order valence-corrected chi connectivity index (χ0v) is 14.0. The molecule has 0 aromatic heterocycles. The molecule has 1 heterocycles. The summed E-state index contributed by atoms with van der Waals surface area (Å²) >= 11 is 1.77. The predicted octanol–water partition coefficient (Wildman–Crippen LogP) is 2.26. The van der Waals surface area contributed by atoms with Gasteiger partial charge in [-0.15, -0.1) is 11.8 Å². The third-order valence-electron chi connectivity index (χ3n) is 3.44. The maximum atomic E-state index is 11.6. The Hall–Kier alpha value is -0.460. The lowest BCUT2D eigenvalue weighted by Gasteiger charge is -2.26. The van der Waals surface area contributed by atoms with E-state index < -0.39 is 5.60 Å². The summed E-state index contributed by atoms with van der Waals surface area (Å²) in [7, 11) is 0. The summed E-state index contributed by atoms with van der Waals surface area (Å²) < 4.78 is 5.23. The number of hydrogen-bond acceptors (Lipinski definition) is 5. The van der Waals surface area contributed by atoms with Crippen LogP contribution in [0, 0.1) is 5.92 Å². The molecule has 1 fully saturated rings. The lowest BCUT2D eigenvalue weighted by Crippen LogP contribution is -2.43. The minimum Gasteiger partial charge on any atom is -0.444 e. The first-order valence-corrected chi connectivity index (χ1v) is 8.31. The number of nitrogens with two attached hydrogens (primary N) is 1. The zero-order valence-electron chi connectivity index (χ0n) is 13.2. The normalized spacial score (nSPS) is 28.2. The van der Waals surface area contributed by atoms with E-state index in [9.17, 15) is 4.79 Å². The maximum absolute atomic E-state index is 11.6. The lowest BCUT2D eigenvalue weighted by atomic mass is 9.91. The lowest BCUT2D eigenvalue weighted by molar-refractivity contribution is 0.0523. The van der Waals surface area contributed by atoms with Crippen LogP contribution in [0.25, 0.3) is 0 Å². The summed E-state index contributed by atoms with van der Waals surface area (Å²) in [6.07, 6.45) is 1.67. The van der Waals surface area contributed by atoms with Crippen LogP contribution in [0.2, 0.25) is 0 Å². The Labute approximate surface area is 126 Å². The molecule has 0 aliphatic carbocycles. The highest BCUT2D eigenvalue weighted by atomic mass is 32.2. The van der Waals surface area contributed by atoms with Gasteiger partial charge in [0.1, 0.15) is 11.1 Å². The molecule has 0 bridgehead atoms. The van der Waals surface area contributed by atoms with Crippen LogP contribution in [0.15, 0.2) is 0 Å². The highest BCUT2D eigenvalue weighted by Crippen LogP contribution is 2.31. The van der Waals surface area contributed by atoms with Gasteiger partial charge in [-0.3, -0.25) is 5.32 Å². The molecule has 118 valence electrons. The van der Waals surface area contributed by atoms with Crippen molar-refractivity contribution in [3.63, 3.8) is 0 Å². The molecule has 6 heteroatoms. The number of amides is 1. The number of rotatable bonds is 5. The summed E-state index contributed by atoms with van der Waals surface area (Å²) in [5, 5.41) is 6.76. The Balaban J connectivity index is 2.33. The van der Waals surface area contributed by atoms with Crippen LogP contribution in [0.1, 0.15) is 47.5 Å². The minimum atomic E-state index is -0.445. The Morgan fingerprint density at radius 2 is 2.15 bits per heavy atom. The summed E-state index contributed by atoms with van der Waals surface area (Å²) in [6.45, 7) is 10.6. The van der Waals surface area contributed by atoms with Crippen LogP contribution in [-0.4, -0.2) is 35.0 Å². The van der Waals surface area contributed by atoms with Crippen molar-refractivity contribution in [1.82, 2.24) is 10.6 Å². The van der Waals surface area contributed by atoms with Crippen LogP contribution in [0.3, 0.4) is 0 Å². The van der Waals surface area contributed by atoms with Gasteiger partial charge in [-0.05, 0) is 33.1 Å². The number of hydrogen-bond donors (Lipinski definition) is 3. The van der Waals surface area contributed by atoms with Gasteiger partial charge in [0.15, 0.2) is 0 Å². The predicted molar refractivity (Wildman–Crippen MR) is 84.6 cm³/mol.